The molecule has 0 saturated carbocycles. The van der Waals surface area contributed by atoms with Crippen LogP contribution in [0.4, 0.5) is 4.79 Å². The summed E-state index contributed by atoms with van der Waals surface area (Å²) in [6.45, 7) is 6.23. The van der Waals surface area contributed by atoms with Crippen molar-refractivity contribution >= 4 is 12.0 Å². The molecule has 0 radical (unpaired) electrons. The highest BCUT2D eigenvalue weighted by Crippen LogP contribution is 2.09. The molecule has 17 heavy (non-hydrogen) atoms. The summed E-state index contributed by atoms with van der Waals surface area (Å²) in [7, 11) is 1.74. The first-order valence-electron chi connectivity index (χ1n) is 6.12. The molecule has 0 fully saturated rings. The second kappa shape index (κ2) is 7.92. The molecule has 0 aliphatic carbocycles. The number of carbonyl (C=O) groups is 2. The van der Waals surface area contributed by atoms with Crippen LogP contribution in [0.2, 0.25) is 0 Å². The third kappa shape index (κ3) is 6.81. The Hall–Kier alpha value is -1.26. The molecule has 5 nitrogen and oxygen atoms in total. The van der Waals surface area contributed by atoms with Crippen LogP contribution < -0.4 is 5.32 Å². The van der Waals surface area contributed by atoms with E-state index in [1.807, 2.05) is 13.8 Å². The summed E-state index contributed by atoms with van der Waals surface area (Å²) < 4.78 is 0. The van der Waals surface area contributed by atoms with Crippen molar-refractivity contribution in [3.8, 4) is 0 Å². The molecule has 0 aromatic rings. The molecular formula is C12H24N2O3. The molecule has 0 spiro atoms. The number of carboxylic acids is 1. The van der Waals surface area contributed by atoms with Crippen LogP contribution in [0.25, 0.3) is 0 Å². The summed E-state index contributed by atoms with van der Waals surface area (Å²) in [4.78, 5) is 23.7. The number of aliphatic carboxylic acids is 1. The Morgan fingerprint density at radius 1 is 1.29 bits per heavy atom. The first kappa shape index (κ1) is 15.7. The molecule has 2 N–H and O–H groups in total. The average Bonchev–Trinajstić information content (AvgIpc) is 2.27. The minimum atomic E-state index is -0.757. The lowest BCUT2D eigenvalue weighted by Gasteiger charge is -2.20. The van der Waals surface area contributed by atoms with Gasteiger partial charge < -0.3 is 15.3 Å². The molecule has 0 aromatic heterocycles. The Morgan fingerprint density at radius 2 is 1.88 bits per heavy atom. The van der Waals surface area contributed by atoms with Gasteiger partial charge in [-0.2, -0.15) is 0 Å². The number of hydrogen-bond acceptors (Lipinski definition) is 2. The molecule has 2 unspecified atom stereocenters. The Labute approximate surface area is 103 Å². The van der Waals surface area contributed by atoms with Crippen molar-refractivity contribution in [1.29, 1.82) is 0 Å². The van der Waals surface area contributed by atoms with Crippen molar-refractivity contribution in [2.24, 2.45) is 5.92 Å². The number of hydrogen-bond donors (Lipinski definition) is 2. The lowest BCUT2D eigenvalue weighted by atomic mass is 10.0. The normalized spacial score (nSPS) is 13.9. The predicted molar refractivity (Wildman–Crippen MR) is 66.9 cm³/mol. The van der Waals surface area contributed by atoms with Gasteiger partial charge in [-0.3, -0.25) is 4.79 Å². The van der Waals surface area contributed by atoms with Crippen molar-refractivity contribution < 1.29 is 14.7 Å². The van der Waals surface area contributed by atoms with Crippen LogP contribution in [0.5, 0.6) is 0 Å². The number of carboxylic acid groups (broad SMARTS) is 1. The predicted octanol–water partition coefficient (Wildman–Crippen LogP) is 1.93. The van der Waals surface area contributed by atoms with E-state index in [0.717, 1.165) is 12.8 Å². The molecular weight excluding hydrogens is 220 g/mol. The van der Waals surface area contributed by atoms with Gasteiger partial charge in [0.15, 0.2) is 0 Å². The van der Waals surface area contributed by atoms with Crippen LogP contribution in [0.1, 0.15) is 40.0 Å². The highest BCUT2D eigenvalue weighted by molar-refractivity contribution is 5.74. The Balaban J connectivity index is 3.76. The fourth-order valence-electron chi connectivity index (χ4n) is 1.39. The Morgan fingerprint density at radius 3 is 2.35 bits per heavy atom. The van der Waals surface area contributed by atoms with Crippen LogP contribution in [-0.4, -0.2) is 41.6 Å². The van der Waals surface area contributed by atoms with Crippen LogP contribution in [0.3, 0.4) is 0 Å². The highest BCUT2D eigenvalue weighted by Gasteiger charge is 2.13. The molecule has 0 aliphatic rings. The molecule has 0 bridgehead atoms. The molecule has 0 saturated heterocycles. The van der Waals surface area contributed by atoms with Crippen LogP contribution >= 0.6 is 0 Å². The molecule has 0 rings (SSSR count). The van der Waals surface area contributed by atoms with Crippen LogP contribution in [0, 0.1) is 5.92 Å². The quantitative estimate of drug-likeness (QED) is 0.719. The summed E-state index contributed by atoms with van der Waals surface area (Å²) in [6, 6.07) is 0.00350. The maximum atomic E-state index is 11.5. The van der Waals surface area contributed by atoms with Crippen molar-refractivity contribution in [2.75, 3.05) is 13.6 Å². The van der Waals surface area contributed by atoms with Crippen molar-refractivity contribution in [3.05, 3.63) is 0 Å². The fourth-order valence-corrected chi connectivity index (χ4v) is 1.39. The van der Waals surface area contributed by atoms with Crippen LogP contribution in [-0.2, 0) is 4.79 Å². The smallest absolute Gasteiger partial charge is 0.317 e. The molecule has 5 heteroatoms. The van der Waals surface area contributed by atoms with E-state index in [1.54, 1.807) is 18.9 Å². The molecule has 0 aromatic carbocycles. The fraction of sp³-hybridized carbons (Fsp3) is 0.833. The largest absolute Gasteiger partial charge is 0.481 e. The summed E-state index contributed by atoms with van der Waals surface area (Å²) in [5.74, 6) is -1.07. The van der Waals surface area contributed by atoms with E-state index in [9.17, 15) is 9.59 Å². The van der Waals surface area contributed by atoms with Gasteiger partial charge in [-0.1, -0.05) is 13.3 Å². The van der Waals surface area contributed by atoms with Gasteiger partial charge in [-0.15, -0.1) is 0 Å². The molecule has 100 valence electrons. The van der Waals surface area contributed by atoms with E-state index >= 15 is 0 Å². The number of nitrogens with one attached hydrogen (secondary N) is 1. The maximum Gasteiger partial charge on any atom is 0.317 e. The van der Waals surface area contributed by atoms with Crippen molar-refractivity contribution in [2.45, 2.75) is 46.1 Å². The zero-order chi connectivity index (χ0) is 13.4. The van der Waals surface area contributed by atoms with E-state index < -0.39 is 5.97 Å². The SMILES string of the molecule is CCN(C)C(=O)NC(C)CCCC(C)C(=O)O. The third-order valence-electron chi connectivity index (χ3n) is 2.89. The standard InChI is InChI=1S/C12H24N2O3/c1-5-14(4)12(17)13-10(3)8-6-7-9(2)11(15)16/h9-10H,5-8H2,1-4H3,(H,13,17)(H,15,16). The number of rotatable bonds is 7. The number of urea groups is 1. The summed E-state index contributed by atoms with van der Waals surface area (Å²) in [5, 5.41) is 11.6. The van der Waals surface area contributed by atoms with E-state index in [2.05, 4.69) is 5.32 Å². The zero-order valence-electron chi connectivity index (χ0n) is 11.2. The van der Waals surface area contributed by atoms with E-state index in [0.29, 0.717) is 13.0 Å². The van der Waals surface area contributed by atoms with Crippen LogP contribution in [0.15, 0.2) is 0 Å². The average molecular weight is 244 g/mol. The van der Waals surface area contributed by atoms with Crippen molar-refractivity contribution in [1.82, 2.24) is 10.2 Å². The molecule has 0 aliphatic heterocycles. The summed E-state index contributed by atoms with van der Waals surface area (Å²) in [6.07, 6.45) is 2.27. The molecule has 2 amide bonds. The van der Waals surface area contributed by atoms with Gasteiger partial charge in [0, 0.05) is 19.6 Å². The second-order valence-corrected chi connectivity index (χ2v) is 4.53. The minimum absolute atomic E-state index is 0.0775. The zero-order valence-corrected chi connectivity index (χ0v) is 11.2. The summed E-state index contributed by atoms with van der Waals surface area (Å²) >= 11 is 0. The highest BCUT2D eigenvalue weighted by atomic mass is 16.4. The van der Waals surface area contributed by atoms with E-state index in [-0.39, 0.29) is 18.0 Å². The number of amides is 2. The van der Waals surface area contributed by atoms with Gasteiger partial charge in [0.25, 0.3) is 0 Å². The minimum Gasteiger partial charge on any atom is -0.481 e. The van der Waals surface area contributed by atoms with Gasteiger partial charge in [-0.05, 0) is 26.7 Å². The lowest BCUT2D eigenvalue weighted by Crippen LogP contribution is -2.41. The Kier molecular flexibility index (Phi) is 7.34. The summed E-state index contributed by atoms with van der Waals surface area (Å²) in [5.41, 5.74) is 0. The number of carbonyl (C=O) groups excluding carboxylic acids is 1. The van der Waals surface area contributed by atoms with Crippen molar-refractivity contribution in [3.63, 3.8) is 0 Å². The molecule has 0 heterocycles. The third-order valence-corrected chi connectivity index (χ3v) is 2.89. The Bertz CT molecular complexity index is 256. The van der Waals surface area contributed by atoms with Gasteiger partial charge >= 0.3 is 12.0 Å². The van der Waals surface area contributed by atoms with E-state index in [4.69, 9.17) is 5.11 Å². The van der Waals surface area contributed by atoms with Gasteiger partial charge in [0.2, 0.25) is 0 Å². The monoisotopic (exact) mass is 244 g/mol. The topological polar surface area (TPSA) is 69.6 Å². The maximum absolute atomic E-state index is 11.5. The van der Waals surface area contributed by atoms with Gasteiger partial charge in [0.05, 0.1) is 5.92 Å². The first-order valence-corrected chi connectivity index (χ1v) is 6.12. The molecule has 2 atom stereocenters. The van der Waals surface area contributed by atoms with Gasteiger partial charge in [0.1, 0.15) is 0 Å². The lowest BCUT2D eigenvalue weighted by molar-refractivity contribution is -0.141. The van der Waals surface area contributed by atoms with Gasteiger partial charge in [-0.25, -0.2) is 4.79 Å². The second-order valence-electron chi connectivity index (χ2n) is 4.53. The number of nitrogens with zero attached hydrogens (tertiary/aromatic N) is 1. The van der Waals surface area contributed by atoms with E-state index in [1.165, 1.54) is 0 Å². The first-order chi connectivity index (χ1) is 7.88.